The maximum absolute atomic E-state index is 13.1. The van der Waals surface area contributed by atoms with Crippen LogP contribution in [0.5, 0.6) is 11.5 Å². The Morgan fingerprint density at radius 3 is 2.41 bits per heavy atom. The van der Waals surface area contributed by atoms with Crippen molar-refractivity contribution >= 4 is 21.6 Å². The third-order valence-electron chi connectivity index (χ3n) is 5.43. The maximum atomic E-state index is 13.1. The van der Waals surface area contributed by atoms with E-state index in [1.807, 2.05) is 39.0 Å². The SMILES string of the molecule is Cc1cc(OCC(=O)Nc2cc(S(=O)(=O)N3CCOCC3)ccc2OC(C)C)ccc1C(C)C. The molecule has 0 aromatic heterocycles. The van der Waals surface area contributed by atoms with Crippen molar-refractivity contribution in [1.29, 1.82) is 0 Å². The number of morpholine rings is 1. The summed E-state index contributed by atoms with van der Waals surface area (Å²) in [5.41, 5.74) is 2.61. The van der Waals surface area contributed by atoms with Crippen LogP contribution in [0.3, 0.4) is 0 Å². The molecule has 1 aliphatic heterocycles. The van der Waals surface area contributed by atoms with Crippen molar-refractivity contribution in [1.82, 2.24) is 4.31 Å². The fraction of sp³-hybridized carbons (Fsp3) is 0.480. The molecule has 0 radical (unpaired) electrons. The van der Waals surface area contributed by atoms with Crippen LogP contribution in [-0.2, 0) is 19.6 Å². The van der Waals surface area contributed by atoms with E-state index in [4.69, 9.17) is 14.2 Å². The van der Waals surface area contributed by atoms with Crippen molar-refractivity contribution in [3.05, 3.63) is 47.5 Å². The van der Waals surface area contributed by atoms with Crippen LogP contribution in [0.2, 0.25) is 0 Å². The highest BCUT2D eigenvalue weighted by Gasteiger charge is 2.27. The lowest BCUT2D eigenvalue weighted by Gasteiger charge is -2.26. The number of nitrogens with one attached hydrogen (secondary N) is 1. The first-order valence-electron chi connectivity index (χ1n) is 11.5. The van der Waals surface area contributed by atoms with Crippen molar-refractivity contribution in [3.8, 4) is 11.5 Å². The predicted molar refractivity (Wildman–Crippen MR) is 131 cm³/mol. The Kier molecular flexibility index (Phi) is 8.57. The first-order chi connectivity index (χ1) is 16.1. The molecule has 0 bridgehead atoms. The van der Waals surface area contributed by atoms with Gasteiger partial charge in [0.05, 0.1) is 29.9 Å². The minimum atomic E-state index is -3.72. The maximum Gasteiger partial charge on any atom is 0.262 e. The van der Waals surface area contributed by atoms with Gasteiger partial charge in [0.25, 0.3) is 5.91 Å². The summed E-state index contributed by atoms with van der Waals surface area (Å²) in [6.45, 7) is 11.0. The monoisotopic (exact) mass is 490 g/mol. The number of carbonyl (C=O) groups is 1. The third-order valence-corrected chi connectivity index (χ3v) is 7.32. The van der Waals surface area contributed by atoms with Crippen LogP contribution in [-0.4, -0.2) is 57.6 Å². The molecule has 0 atom stereocenters. The Hall–Kier alpha value is -2.62. The lowest BCUT2D eigenvalue weighted by Crippen LogP contribution is -2.40. The van der Waals surface area contributed by atoms with Gasteiger partial charge in [-0.2, -0.15) is 4.31 Å². The molecule has 0 unspecified atom stereocenters. The van der Waals surface area contributed by atoms with Crippen molar-refractivity contribution in [2.24, 2.45) is 0 Å². The Morgan fingerprint density at radius 2 is 1.79 bits per heavy atom. The van der Waals surface area contributed by atoms with E-state index in [1.165, 1.54) is 22.0 Å². The molecule has 186 valence electrons. The number of carbonyl (C=O) groups excluding carboxylic acids is 1. The van der Waals surface area contributed by atoms with Gasteiger partial charge in [-0.25, -0.2) is 8.42 Å². The van der Waals surface area contributed by atoms with Gasteiger partial charge in [-0.05, 0) is 68.1 Å². The van der Waals surface area contributed by atoms with Gasteiger partial charge in [0.1, 0.15) is 11.5 Å². The highest BCUT2D eigenvalue weighted by Crippen LogP contribution is 2.30. The van der Waals surface area contributed by atoms with E-state index < -0.39 is 15.9 Å². The van der Waals surface area contributed by atoms with Crippen LogP contribution in [0.25, 0.3) is 0 Å². The van der Waals surface area contributed by atoms with Crippen LogP contribution >= 0.6 is 0 Å². The first kappa shape index (κ1) is 26.0. The van der Waals surface area contributed by atoms with Crippen LogP contribution < -0.4 is 14.8 Å². The summed E-state index contributed by atoms with van der Waals surface area (Å²) in [7, 11) is -3.72. The number of benzene rings is 2. The summed E-state index contributed by atoms with van der Waals surface area (Å²) in [4.78, 5) is 12.8. The summed E-state index contributed by atoms with van der Waals surface area (Å²) in [6.07, 6.45) is -0.156. The second-order valence-corrected chi connectivity index (χ2v) is 10.8. The number of rotatable bonds is 9. The van der Waals surface area contributed by atoms with E-state index in [1.54, 1.807) is 6.07 Å². The second-order valence-electron chi connectivity index (χ2n) is 8.85. The number of hydrogen-bond acceptors (Lipinski definition) is 6. The molecule has 1 heterocycles. The molecule has 1 amide bonds. The predicted octanol–water partition coefficient (Wildman–Crippen LogP) is 3.94. The molecular weight excluding hydrogens is 456 g/mol. The number of nitrogens with zero attached hydrogens (tertiary/aromatic N) is 1. The van der Waals surface area contributed by atoms with E-state index >= 15 is 0 Å². The molecule has 0 aliphatic carbocycles. The number of ether oxygens (including phenoxy) is 3. The minimum absolute atomic E-state index is 0.0848. The Balaban J connectivity index is 1.76. The molecule has 2 aromatic rings. The van der Waals surface area contributed by atoms with Crippen molar-refractivity contribution < 1.29 is 27.4 Å². The Labute approximate surface area is 202 Å². The van der Waals surface area contributed by atoms with Crippen LogP contribution in [0.15, 0.2) is 41.3 Å². The molecule has 3 rings (SSSR count). The first-order valence-corrected chi connectivity index (χ1v) is 12.9. The smallest absolute Gasteiger partial charge is 0.262 e. The van der Waals surface area contributed by atoms with Gasteiger partial charge in [-0.15, -0.1) is 0 Å². The highest BCUT2D eigenvalue weighted by molar-refractivity contribution is 7.89. The number of aryl methyl sites for hydroxylation is 1. The summed E-state index contributed by atoms with van der Waals surface area (Å²) < 4.78 is 44.2. The standard InChI is InChI=1S/C25H34N2O6S/c1-17(2)22-8-6-20(14-19(22)5)32-16-25(28)26-23-15-21(7-9-24(23)33-18(3)4)34(29,30)27-10-12-31-13-11-27/h6-9,14-15,17-18H,10-13,16H2,1-5H3,(H,26,28). The minimum Gasteiger partial charge on any atom is -0.489 e. The molecule has 1 fully saturated rings. The fourth-order valence-electron chi connectivity index (χ4n) is 3.78. The van der Waals surface area contributed by atoms with Gasteiger partial charge in [0.15, 0.2) is 6.61 Å². The molecule has 8 nitrogen and oxygen atoms in total. The zero-order chi connectivity index (χ0) is 24.9. The van der Waals surface area contributed by atoms with Gasteiger partial charge < -0.3 is 19.5 Å². The average Bonchev–Trinajstić information content (AvgIpc) is 2.79. The molecule has 2 aromatic carbocycles. The molecule has 0 saturated carbocycles. The highest BCUT2D eigenvalue weighted by atomic mass is 32.2. The van der Waals surface area contributed by atoms with Gasteiger partial charge in [0.2, 0.25) is 10.0 Å². The van der Waals surface area contributed by atoms with Gasteiger partial charge in [0, 0.05) is 13.1 Å². The molecule has 0 spiro atoms. The van der Waals surface area contributed by atoms with Gasteiger partial charge >= 0.3 is 0 Å². The molecule has 9 heteroatoms. The normalized spacial score (nSPS) is 14.9. The summed E-state index contributed by atoms with van der Waals surface area (Å²) >= 11 is 0. The zero-order valence-electron chi connectivity index (χ0n) is 20.5. The summed E-state index contributed by atoms with van der Waals surface area (Å²) in [6, 6.07) is 10.2. The Bertz CT molecular complexity index is 1110. The number of hydrogen-bond donors (Lipinski definition) is 1. The van der Waals surface area contributed by atoms with Crippen LogP contribution in [0.1, 0.15) is 44.7 Å². The van der Waals surface area contributed by atoms with Crippen LogP contribution in [0.4, 0.5) is 5.69 Å². The van der Waals surface area contributed by atoms with Crippen molar-refractivity contribution in [2.45, 2.75) is 51.5 Å². The lowest BCUT2D eigenvalue weighted by molar-refractivity contribution is -0.118. The van der Waals surface area contributed by atoms with E-state index in [-0.39, 0.29) is 36.4 Å². The van der Waals surface area contributed by atoms with Crippen molar-refractivity contribution in [2.75, 3.05) is 38.2 Å². The molecule has 1 aliphatic rings. The van der Waals surface area contributed by atoms with E-state index in [0.717, 1.165) is 5.56 Å². The van der Waals surface area contributed by atoms with E-state index in [2.05, 4.69) is 19.2 Å². The third kappa shape index (κ3) is 6.49. The fourth-order valence-corrected chi connectivity index (χ4v) is 5.22. The van der Waals surface area contributed by atoms with Crippen molar-refractivity contribution in [3.63, 3.8) is 0 Å². The largest absolute Gasteiger partial charge is 0.489 e. The number of sulfonamides is 1. The summed E-state index contributed by atoms with van der Waals surface area (Å²) in [5, 5.41) is 2.75. The average molecular weight is 491 g/mol. The quantitative estimate of drug-likeness (QED) is 0.572. The Morgan fingerprint density at radius 1 is 1.09 bits per heavy atom. The molecule has 1 N–H and O–H groups in total. The lowest BCUT2D eigenvalue weighted by atomic mass is 9.98. The topological polar surface area (TPSA) is 94.2 Å². The molecule has 1 saturated heterocycles. The summed E-state index contributed by atoms with van der Waals surface area (Å²) in [5.74, 6) is 0.971. The van der Waals surface area contributed by atoms with Crippen LogP contribution in [0, 0.1) is 6.92 Å². The van der Waals surface area contributed by atoms with E-state index in [9.17, 15) is 13.2 Å². The van der Waals surface area contributed by atoms with Gasteiger partial charge in [-0.3, -0.25) is 4.79 Å². The zero-order valence-corrected chi connectivity index (χ0v) is 21.3. The number of amides is 1. The van der Waals surface area contributed by atoms with Gasteiger partial charge in [-0.1, -0.05) is 19.9 Å². The second kappa shape index (κ2) is 11.2. The molecule has 34 heavy (non-hydrogen) atoms. The number of anilines is 1. The molecular formula is C25H34N2O6S. The van der Waals surface area contributed by atoms with E-state index in [0.29, 0.717) is 30.6 Å².